The van der Waals surface area contributed by atoms with Crippen LogP contribution in [0.4, 0.5) is 5.00 Å². The van der Waals surface area contributed by atoms with E-state index in [0.717, 1.165) is 44.1 Å². The van der Waals surface area contributed by atoms with Crippen molar-refractivity contribution in [2.75, 3.05) is 11.9 Å². The first kappa shape index (κ1) is 15.5. The number of hydrogen-bond acceptors (Lipinski definition) is 4. The molecule has 4 nitrogen and oxygen atoms in total. The van der Waals surface area contributed by atoms with Crippen LogP contribution in [0.5, 0.6) is 0 Å². The van der Waals surface area contributed by atoms with Gasteiger partial charge in [0.25, 0.3) is 0 Å². The average molecular weight is 321 g/mol. The van der Waals surface area contributed by atoms with E-state index in [0.29, 0.717) is 23.1 Å². The van der Waals surface area contributed by atoms with Crippen LogP contribution in [-0.4, -0.2) is 18.5 Å². The molecule has 2 aliphatic carbocycles. The van der Waals surface area contributed by atoms with Crippen molar-refractivity contribution in [2.45, 2.75) is 52.4 Å². The standard InChI is InChI=1S/C17H23NO3S/c1-3-8-21-17(20)14-12-7-4-10(2)9-13(12)22-16(14)18-15(19)11-5-6-11/h10-11H,3-9H2,1-2H3,(H,18,19). The molecule has 120 valence electrons. The van der Waals surface area contributed by atoms with Gasteiger partial charge in [0, 0.05) is 10.8 Å². The van der Waals surface area contributed by atoms with Crippen LogP contribution in [0.15, 0.2) is 0 Å². The first-order chi connectivity index (χ1) is 10.6. The van der Waals surface area contributed by atoms with Crippen LogP contribution in [0, 0.1) is 11.8 Å². The number of nitrogens with one attached hydrogen (secondary N) is 1. The molecule has 1 amide bonds. The lowest BCUT2D eigenvalue weighted by Gasteiger charge is -2.18. The van der Waals surface area contributed by atoms with Crippen molar-refractivity contribution in [3.8, 4) is 0 Å². The van der Waals surface area contributed by atoms with Gasteiger partial charge in [-0.15, -0.1) is 11.3 Å². The summed E-state index contributed by atoms with van der Waals surface area (Å²) >= 11 is 1.57. The normalized spacial score (nSPS) is 20.4. The van der Waals surface area contributed by atoms with Crippen LogP contribution in [0.2, 0.25) is 0 Å². The number of carbonyl (C=O) groups excluding carboxylic acids is 2. The van der Waals surface area contributed by atoms with E-state index in [4.69, 9.17) is 4.74 Å². The maximum Gasteiger partial charge on any atom is 0.341 e. The van der Waals surface area contributed by atoms with Crippen LogP contribution in [0.25, 0.3) is 0 Å². The number of fused-ring (bicyclic) bond motifs is 1. The fraction of sp³-hybridized carbons (Fsp3) is 0.647. The summed E-state index contributed by atoms with van der Waals surface area (Å²) < 4.78 is 5.34. The number of ether oxygens (including phenoxy) is 1. The molecule has 1 unspecified atom stereocenters. The van der Waals surface area contributed by atoms with Crippen molar-refractivity contribution >= 4 is 28.2 Å². The number of carbonyl (C=O) groups is 2. The molecule has 1 fully saturated rings. The minimum absolute atomic E-state index is 0.0520. The SMILES string of the molecule is CCCOC(=O)c1c(NC(=O)C2CC2)sc2c1CCC(C)C2. The van der Waals surface area contributed by atoms with Crippen molar-refractivity contribution in [1.29, 1.82) is 0 Å². The maximum absolute atomic E-state index is 12.4. The fourth-order valence-corrected chi connectivity index (χ4v) is 4.28. The smallest absolute Gasteiger partial charge is 0.341 e. The first-order valence-corrected chi connectivity index (χ1v) is 9.04. The van der Waals surface area contributed by atoms with Crippen LogP contribution >= 0.6 is 11.3 Å². The number of rotatable bonds is 5. The Morgan fingerprint density at radius 1 is 1.32 bits per heavy atom. The summed E-state index contributed by atoms with van der Waals surface area (Å²) in [4.78, 5) is 25.8. The number of hydrogen-bond donors (Lipinski definition) is 1. The quantitative estimate of drug-likeness (QED) is 0.840. The molecule has 1 aromatic rings. The van der Waals surface area contributed by atoms with Crippen LogP contribution in [-0.2, 0) is 22.4 Å². The summed E-state index contributed by atoms with van der Waals surface area (Å²) in [5.74, 6) is 0.548. The molecule has 0 spiro atoms. The molecule has 1 heterocycles. The molecular formula is C17H23NO3S. The average Bonchev–Trinajstić information content (AvgIpc) is 3.27. The Hall–Kier alpha value is -1.36. The Kier molecular flexibility index (Phi) is 4.52. The van der Waals surface area contributed by atoms with Gasteiger partial charge in [0.15, 0.2) is 0 Å². The van der Waals surface area contributed by atoms with E-state index < -0.39 is 0 Å². The zero-order valence-electron chi connectivity index (χ0n) is 13.2. The van der Waals surface area contributed by atoms with Gasteiger partial charge in [-0.05, 0) is 50.0 Å². The van der Waals surface area contributed by atoms with Crippen LogP contribution in [0.1, 0.15) is 60.3 Å². The van der Waals surface area contributed by atoms with Gasteiger partial charge in [-0.3, -0.25) is 4.79 Å². The Balaban J connectivity index is 1.88. The lowest BCUT2D eigenvalue weighted by atomic mass is 9.88. The molecule has 3 rings (SSSR count). The molecule has 5 heteroatoms. The summed E-state index contributed by atoms with van der Waals surface area (Å²) in [7, 11) is 0. The van der Waals surface area contributed by atoms with Crippen LogP contribution in [0.3, 0.4) is 0 Å². The minimum Gasteiger partial charge on any atom is -0.462 e. The molecule has 22 heavy (non-hydrogen) atoms. The first-order valence-electron chi connectivity index (χ1n) is 8.22. The van der Waals surface area contributed by atoms with Gasteiger partial charge in [0.1, 0.15) is 5.00 Å². The Morgan fingerprint density at radius 3 is 2.77 bits per heavy atom. The van der Waals surface area contributed by atoms with Crippen LogP contribution < -0.4 is 5.32 Å². The Morgan fingerprint density at radius 2 is 2.09 bits per heavy atom. The molecule has 1 atom stereocenters. The summed E-state index contributed by atoms with van der Waals surface area (Å²) in [6, 6.07) is 0. The topological polar surface area (TPSA) is 55.4 Å². The highest BCUT2D eigenvalue weighted by Gasteiger charge is 2.33. The second-order valence-electron chi connectivity index (χ2n) is 6.46. The summed E-state index contributed by atoms with van der Waals surface area (Å²) in [6.07, 6.45) is 5.72. The van der Waals surface area contributed by atoms with Gasteiger partial charge < -0.3 is 10.1 Å². The van der Waals surface area contributed by atoms with E-state index >= 15 is 0 Å². The largest absolute Gasteiger partial charge is 0.462 e. The lowest BCUT2D eigenvalue weighted by molar-refractivity contribution is -0.117. The molecule has 0 aliphatic heterocycles. The van der Waals surface area contributed by atoms with E-state index in [2.05, 4.69) is 12.2 Å². The van der Waals surface area contributed by atoms with Gasteiger partial charge >= 0.3 is 5.97 Å². The molecule has 0 saturated heterocycles. The molecule has 1 aromatic heterocycles. The van der Waals surface area contributed by atoms with E-state index in [1.54, 1.807) is 11.3 Å². The molecule has 1 N–H and O–H groups in total. The zero-order chi connectivity index (χ0) is 15.7. The van der Waals surface area contributed by atoms with Crippen molar-refractivity contribution < 1.29 is 14.3 Å². The summed E-state index contributed by atoms with van der Waals surface area (Å²) in [5, 5.41) is 3.69. The summed E-state index contributed by atoms with van der Waals surface area (Å²) in [5.41, 5.74) is 1.73. The van der Waals surface area contributed by atoms with Crippen molar-refractivity contribution in [3.63, 3.8) is 0 Å². The molecular weight excluding hydrogens is 298 g/mol. The minimum atomic E-state index is -0.278. The number of anilines is 1. The number of amides is 1. The van der Waals surface area contributed by atoms with E-state index in [9.17, 15) is 9.59 Å². The molecule has 0 bridgehead atoms. The van der Waals surface area contributed by atoms with Crippen molar-refractivity contribution in [3.05, 3.63) is 16.0 Å². The maximum atomic E-state index is 12.4. The fourth-order valence-electron chi connectivity index (χ4n) is 2.88. The zero-order valence-corrected chi connectivity index (χ0v) is 14.1. The number of esters is 1. The third-order valence-corrected chi connectivity index (χ3v) is 5.51. The second kappa shape index (κ2) is 6.41. The number of thiophene rings is 1. The Bertz CT molecular complexity index is 589. The van der Waals surface area contributed by atoms with Gasteiger partial charge in [-0.1, -0.05) is 13.8 Å². The molecule has 2 aliphatic rings. The van der Waals surface area contributed by atoms with E-state index in [1.807, 2.05) is 6.92 Å². The van der Waals surface area contributed by atoms with Crippen molar-refractivity contribution in [1.82, 2.24) is 0 Å². The second-order valence-corrected chi connectivity index (χ2v) is 7.56. The van der Waals surface area contributed by atoms with Gasteiger partial charge in [-0.25, -0.2) is 4.79 Å². The van der Waals surface area contributed by atoms with E-state index in [1.165, 1.54) is 4.88 Å². The summed E-state index contributed by atoms with van der Waals surface area (Å²) in [6.45, 7) is 4.64. The van der Waals surface area contributed by atoms with Crippen molar-refractivity contribution in [2.24, 2.45) is 11.8 Å². The third-order valence-electron chi connectivity index (χ3n) is 4.34. The highest BCUT2D eigenvalue weighted by Crippen LogP contribution is 2.41. The molecule has 1 saturated carbocycles. The van der Waals surface area contributed by atoms with Gasteiger partial charge in [-0.2, -0.15) is 0 Å². The molecule has 0 aromatic carbocycles. The predicted molar refractivity (Wildman–Crippen MR) is 87.4 cm³/mol. The molecule has 0 radical (unpaired) electrons. The third kappa shape index (κ3) is 3.19. The highest BCUT2D eigenvalue weighted by molar-refractivity contribution is 7.17. The highest BCUT2D eigenvalue weighted by atomic mass is 32.1. The van der Waals surface area contributed by atoms with Gasteiger partial charge in [0.05, 0.1) is 12.2 Å². The Labute approximate surface area is 135 Å². The van der Waals surface area contributed by atoms with Gasteiger partial charge in [0.2, 0.25) is 5.91 Å². The monoisotopic (exact) mass is 321 g/mol. The van der Waals surface area contributed by atoms with E-state index in [-0.39, 0.29) is 17.8 Å². The predicted octanol–water partition coefficient (Wildman–Crippen LogP) is 3.79. The lowest BCUT2D eigenvalue weighted by Crippen LogP contribution is -2.17.